The molecule has 1 aromatic rings. The third kappa shape index (κ3) is 2.91. The normalized spacial score (nSPS) is 9.55. The Labute approximate surface area is 74.7 Å². The van der Waals surface area contributed by atoms with E-state index in [0.717, 1.165) is 10.8 Å². The first-order valence-corrected chi connectivity index (χ1v) is 4.40. The Morgan fingerprint density at radius 3 is 3.09 bits per heavy atom. The van der Waals surface area contributed by atoms with Crippen molar-refractivity contribution in [2.45, 2.75) is 5.03 Å². The average Bonchev–Trinajstić information content (AvgIpc) is 2.01. The van der Waals surface area contributed by atoms with Gasteiger partial charge in [-0.05, 0) is 0 Å². The number of aromatic nitrogens is 2. The molecule has 1 rings (SSSR count). The van der Waals surface area contributed by atoms with Crippen LogP contribution < -0.4 is 0 Å². The number of rotatable bonds is 3. The summed E-state index contributed by atoms with van der Waals surface area (Å²) in [5.41, 5.74) is 0. The fraction of sp³-hybridized carbons (Fsp3) is 0.143. The maximum Gasteiger partial charge on any atom is 0.133 e. The molecule has 11 heavy (non-hydrogen) atoms. The molecule has 0 saturated heterocycles. The Morgan fingerprint density at radius 2 is 2.45 bits per heavy atom. The zero-order valence-corrected chi connectivity index (χ0v) is 7.40. The van der Waals surface area contributed by atoms with Crippen molar-refractivity contribution in [2.75, 3.05) is 5.75 Å². The summed E-state index contributed by atoms with van der Waals surface area (Å²) in [5.74, 6) is 0.841. The molecule has 0 bridgehead atoms. The van der Waals surface area contributed by atoms with Crippen molar-refractivity contribution in [3.05, 3.63) is 30.2 Å². The van der Waals surface area contributed by atoms with Gasteiger partial charge in [-0.2, -0.15) is 0 Å². The molecule has 4 heteroatoms. The van der Waals surface area contributed by atoms with E-state index in [4.69, 9.17) is 11.6 Å². The third-order valence-electron chi connectivity index (χ3n) is 0.958. The first kappa shape index (κ1) is 8.56. The topological polar surface area (TPSA) is 25.8 Å². The van der Waals surface area contributed by atoms with E-state index in [1.807, 2.05) is 6.08 Å². The number of halogens is 1. The van der Waals surface area contributed by atoms with Gasteiger partial charge in [0.1, 0.15) is 16.5 Å². The summed E-state index contributed by atoms with van der Waals surface area (Å²) in [7, 11) is 0. The summed E-state index contributed by atoms with van der Waals surface area (Å²) >= 11 is 7.21. The maximum absolute atomic E-state index is 5.63. The van der Waals surface area contributed by atoms with Crippen LogP contribution in [0, 0.1) is 0 Å². The second kappa shape index (κ2) is 4.36. The molecule has 0 atom stereocenters. The molecule has 1 heterocycles. The minimum absolute atomic E-state index is 0.478. The van der Waals surface area contributed by atoms with Crippen LogP contribution in [-0.2, 0) is 0 Å². The summed E-state index contributed by atoms with van der Waals surface area (Å²) in [5, 5.41) is 1.36. The molecule has 0 aromatic carbocycles. The first-order chi connectivity index (χ1) is 5.33. The summed E-state index contributed by atoms with van der Waals surface area (Å²) in [4.78, 5) is 7.76. The monoisotopic (exact) mass is 186 g/mol. The average molecular weight is 187 g/mol. The SMILES string of the molecule is C=CCSc1cc(Cl)ncn1. The van der Waals surface area contributed by atoms with E-state index in [1.165, 1.54) is 6.33 Å². The van der Waals surface area contributed by atoms with E-state index in [9.17, 15) is 0 Å². The van der Waals surface area contributed by atoms with Crippen LogP contribution in [0.3, 0.4) is 0 Å². The fourth-order valence-electron chi connectivity index (χ4n) is 0.541. The lowest BCUT2D eigenvalue weighted by Crippen LogP contribution is -1.82. The molecule has 0 aliphatic heterocycles. The van der Waals surface area contributed by atoms with Gasteiger partial charge < -0.3 is 0 Å². The Morgan fingerprint density at radius 1 is 1.64 bits per heavy atom. The Balaban J connectivity index is 2.63. The molecule has 0 amide bonds. The van der Waals surface area contributed by atoms with Gasteiger partial charge >= 0.3 is 0 Å². The molecule has 0 aliphatic rings. The van der Waals surface area contributed by atoms with E-state index >= 15 is 0 Å². The Kier molecular flexibility index (Phi) is 3.39. The number of hydrogen-bond acceptors (Lipinski definition) is 3. The van der Waals surface area contributed by atoms with Crippen molar-refractivity contribution in [3.63, 3.8) is 0 Å². The summed E-state index contributed by atoms with van der Waals surface area (Å²) in [6.45, 7) is 3.60. The van der Waals surface area contributed by atoms with Crippen molar-refractivity contribution in [1.29, 1.82) is 0 Å². The van der Waals surface area contributed by atoms with Crippen molar-refractivity contribution < 1.29 is 0 Å². The van der Waals surface area contributed by atoms with E-state index in [1.54, 1.807) is 17.8 Å². The van der Waals surface area contributed by atoms with Crippen LogP contribution >= 0.6 is 23.4 Å². The molecule has 0 saturated carbocycles. The zero-order chi connectivity index (χ0) is 8.10. The standard InChI is InChI=1S/C7H7ClN2S/c1-2-3-11-7-4-6(8)9-5-10-7/h2,4-5H,1,3H2. The highest BCUT2D eigenvalue weighted by Crippen LogP contribution is 2.16. The highest BCUT2D eigenvalue weighted by atomic mass is 35.5. The number of nitrogens with zero attached hydrogens (tertiary/aromatic N) is 2. The van der Waals surface area contributed by atoms with E-state index in [0.29, 0.717) is 5.15 Å². The van der Waals surface area contributed by atoms with Gasteiger partial charge in [-0.25, -0.2) is 9.97 Å². The predicted octanol–water partition coefficient (Wildman–Crippen LogP) is 2.41. The van der Waals surface area contributed by atoms with Crippen LogP contribution in [0.1, 0.15) is 0 Å². The van der Waals surface area contributed by atoms with Crippen molar-refractivity contribution >= 4 is 23.4 Å². The maximum atomic E-state index is 5.63. The molecule has 0 aliphatic carbocycles. The van der Waals surface area contributed by atoms with E-state index in [2.05, 4.69) is 16.5 Å². The molecule has 0 N–H and O–H groups in total. The third-order valence-corrected chi connectivity index (χ3v) is 2.09. The molecular weight excluding hydrogens is 180 g/mol. The van der Waals surface area contributed by atoms with E-state index < -0.39 is 0 Å². The van der Waals surface area contributed by atoms with E-state index in [-0.39, 0.29) is 0 Å². The van der Waals surface area contributed by atoms with Crippen LogP contribution in [-0.4, -0.2) is 15.7 Å². The number of hydrogen-bond donors (Lipinski definition) is 0. The van der Waals surface area contributed by atoms with Crippen LogP contribution in [0.2, 0.25) is 5.15 Å². The molecule has 58 valence electrons. The quantitative estimate of drug-likeness (QED) is 0.412. The van der Waals surface area contributed by atoms with Gasteiger partial charge in [-0.1, -0.05) is 17.7 Å². The molecule has 0 spiro atoms. The zero-order valence-electron chi connectivity index (χ0n) is 5.83. The van der Waals surface area contributed by atoms with Gasteiger partial charge in [0.2, 0.25) is 0 Å². The second-order valence-corrected chi connectivity index (χ2v) is 3.21. The molecule has 2 nitrogen and oxygen atoms in total. The molecule has 0 unspecified atom stereocenters. The molecular formula is C7H7ClN2S. The first-order valence-electron chi connectivity index (χ1n) is 3.04. The van der Waals surface area contributed by atoms with Gasteiger partial charge in [0, 0.05) is 11.8 Å². The minimum Gasteiger partial charge on any atom is -0.230 e. The lowest BCUT2D eigenvalue weighted by molar-refractivity contribution is 1.05. The summed E-state index contributed by atoms with van der Waals surface area (Å²) < 4.78 is 0. The fourth-order valence-corrected chi connectivity index (χ4v) is 1.36. The smallest absolute Gasteiger partial charge is 0.133 e. The van der Waals surface area contributed by atoms with Gasteiger partial charge in [0.05, 0.1) is 0 Å². The highest BCUT2D eigenvalue weighted by molar-refractivity contribution is 7.99. The lowest BCUT2D eigenvalue weighted by Gasteiger charge is -1.95. The molecule has 1 aromatic heterocycles. The summed E-state index contributed by atoms with van der Waals surface area (Å²) in [6.07, 6.45) is 3.27. The summed E-state index contributed by atoms with van der Waals surface area (Å²) in [6, 6.07) is 1.73. The van der Waals surface area contributed by atoms with Crippen molar-refractivity contribution in [3.8, 4) is 0 Å². The largest absolute Gasteiger partial charge is 0.230 e. The van der Waals surface area contributed by atoms with Crippen LogP contribution in [0.5, 0.6) is 0 Å². The molecule has 0 fully saturated rings. The van der Waals surface area contributed by atoms with Gasteiger partial charge in [0.25, 0.3) is 0 Å². The van der Waals surface area contributed by atoms with Crippen LogP contribution in [0.25, 0.3) is 0 Å². The second-order valence-electron chi connectivity index (χ2n) is 1.78. The lowest BCUT2D eigenvalue weighted by atomic mass is 10.7. The van der Waals surface area contributed by atoms with Crippen LogP contribution in [0.15, 0.2) is 30.1 Å². The van der Waals surface area contributed by atoms with Gasteiger partial charge in [-0.15, -0.1) is 18.3 Å². The van der Waals surface area contributed by atoms with Gasteiger partial charge in [0.15, 0.2) is 0 Å². The Hall–Kier alpha value is -0.540. The van der Waals surface area contributed by atoms with Crippen molar-refractivity contribution in [1.82, 2.24) is 9.97 Å². The van der Waals surface area contributed by atoms with Gasteiger partial charge in [-0.3, -0.25) is 0 Å². The highest BCUT2D eigenvalue weighted by Gasteiger charge is 1.94. The Bertz CT molecular complexity index is 252. The minimum atomic E-state index is 0.478. The molecule has 0 radical (unpaired) electrons. The number of thioether (sulfide) groups is 1. The predicted molar refractivity (Wildman–Crippen MR) is 48.0 cm³/mol. The van der Waals surface area contributed by atoms with Crippen LogP contribution in [0.4, 0.5) is 0 Å². The van der Waals surface area contributed by atoms with Crippen molar-refractivity contribution in [2.24, 2.45) is 0 Å².